The molecule has 0 heterocycles. The summed E-state index contributed by atoms with van der Waals surface area (Å²) in [6, 6.07) is -0.826. The Morgan fingerprint density at radius 3 is 2.14 bits per heavy atom. The molecule has 0 rings (SSSR count). The van der Waals surface area contributed by atoms with Gasteiger partial charge in [0.2, 0.25) is 0 Å². The van der Waals surface area contributed by atoms with Crippen LogP contribution < -0.4 is 5.32 Å². The predicted octanol–water partition coefficient (Wildman–Crippen LogP) is 2.04. The maximum atomic E-state index is 11.3. The molecule has 0 saturated heterocycles. The SMILES string of the molecule is CC(C)CC(NC(=O)O)C(=O)C(Cl)Cl. The Morgan fingerprint density at radius 1 is 1.36 bits per heavy atom. The highest BCUT2D eigenvalue weighted by Crippen LogP contribution is 2.12. The van der Waals surface area contributed by atoms with Crippen LogP contribution >= 0.6 is 23.2 Å². The molecule has 0 aliphatic carbocycles. The Morgan fingerprint density at radius 2 is 1.86 bits per heavy atom. The van der Waals surface area contributed by atoms with Gasteiger partial charge >= 0.3 is 6.09 Å². The van der Waals surface area contributed by atoms with Gasteiger partial charge in [-0.05, 0) is 12.3 Å². The van der Waals surface area contributed by atoms with Crippen molar-refractivity contribution in [1.82, 2.24) is 5.32 Å². The number of Topliss-reactive ketones (excluding diaryl/α,β-unsaturated/α-hetero) is 1. The van der Waals surface area contributed by atoms with Crippen molar-refractivity contribution in [3.63, 3.8) is 0 Å². The van der Waals surface area contributed by atoms with Gasteiger partial charge in [0.15, 0.2) is 10.6 Å². The van der Waals surface area contributed by atoms with Gasteiger partial charge in [0.25, 0.3) is 0 Å². The highest BCUT2D eigenvalue weighted by atomic mass is 35.5. The molecule has 2 N–H and O–H groups in total. The minimum atomic E-state index is -1.25. The highest BCUT2D eigenvalue weighted by Gasteiger charge is 2.25. The first-order valence-corrected chi connectivity index (χ1v) is 5.03. The number of nitrogens with one attached hydrogen (secondary N) is 1. The lowest BCUT2D eigenvalue weighted by Gasteiger charge is -2.17. The second-order valence-electron chi connectivity index (χ2n) is 3.33. The van der Waals surface area contributed by atoms with Crippen LogP contribution in [0.25, 0.3) is 0 Å². The van der Waals surface area contributed by atoms with Crippen molar-refractivity contribution >= 4 is 35.1 Å². The molecule has 0 aromatic heterocycles. The quantitative estimate of drug-likeness (QED) is 0.725. The third-order valence-electron chi connectivity index (χ3n) is 1.56. The van der Waals surface area contributed by atoms with Crippen LogP contribution in [0.15, 0.2) is 0 Å². The molecule has 0 aliphatic rings. The van der Waals surface area contributed by atoms with Crippen LogP contribution in [0.2, 0.25) is 0 Å². The van der Waals surface area contributed by atoms with E-state index in [1.165, 1.54) is 0 Å². The Balaban J connectivity index is 4.38. The van der Waals surface area contributed by atoms with E-state index in [9.17, 15) is 9.59 Å². The average Bonchev–Trinajstić information content (AvgIpc) is 1.99. The van der Waals surface area contributed by atoms with Gasteiger partial charge in [-0.3, -0.25) is 4.79 Å². The van der Waals surface area contributed by atoms with Crippen LogP contribution in [-0.2, 0) is 4.79 Å². The summed E-state index contributed by atoms with van der Waals surface area (Å²) in [5, 5.41) is 10.6. The summed E-state index contributed by atoms with van der Waals surface area (Å²) >= 11 is 10.7. The van der Waals surface area contributed by atoms with Crippen molar-refractivity contribution in [2.45, 2.75) is 31.1 Å². The number of carboxylic acid groups (broad SMARTS) is 1. The van der Waals surface area contributed by atoms with Crippen molar-refractivity contribution in [3.05, 3.63) is 0 Å². The highest BCUT2D eigenvalue weighted by molar-refractivity contribution is 6.54. The van der Waals surface area contributed by atoms with Crippen LogP contribution in [0, 0.1) is 5.92 Å². The number of ketones is 1. The van der Waals surface area contributed by atoms with Crippen molar-refractivity contribution in [3.8, 4) is 0 Å². The maximum absolute atomic E-state index is 11.3. The molecule has 0 saturated carbocycles. The summed E-state index contributed by atoms with van der Waals surface area (Å²) in [6.07, 6.45) is -0.862. The van der Waals surface area contributed by atoms with Gasteiger partial charge in [0.05, 0.1) is 6.04 Å². The first-order chi connectivity index (χ1) is 6.34. The first kappa shape index (κ1) is 13.5. The van der Waals surface area contributed by atoms with Crippen LogP contribution in [0.4, 0.5) is 4.79 Å². The van der Waals surface area contributed by atoms with E-state index in [2.05, 4.69) is 5.32 Å². The van der Waals surface area contributed by atoms with E-state index in [0.717, 1.165) is 0 Å². The zero-order valence-electron chi connectivity index (χ0n) is 7.96. The van der Waals surface area contributed by atoms with Gasteiger partial charge in [-0.2, -0.15) is 0 Å². The zero-order valence-corrected chi connectivity index (χ0v) is 9.47. The van der Waals surface area contributed by atoms with Crippen molar-refractivity contribution in [1.29, 1.82) is 0 Å². The van der Waals surface area contributed by atoms with Gasteiger partial charge in [-0.25, -0.2) is 4.79 Å². The largest absolute Gasteiger partial charge is 0.465 e. The topological polar surface area (TPSA) is 66.4 Å². The number of rotatable bonds is 5. The Labute approximate surface area is 92.6 Å². The molecule has 0 aromatic rings. The molecule has 6 heteroatoms. The number of hydrogen-bond acceptors (Lipinski definition) is 2. The van der Waals surface area contributed by atoms with Gasteiger partial charge in [-0.1, -0.05) is 37.0 Å². The molecule has 0 bridgehead atoms. The fourth-order valence-corrected chi connectivity index (χ4v) is 1.32. The fourth-order valence-electron chi connectivity index (χ4n) is 1.02. The number of alkyl halides is 2. The van der Waals surface area contributed by atoms with Crippen LogP contribution in [-0.4, -0.2) is 27.9 Å². The fraction of sp³-hybridized carbons (Fsp3) is 0.750. The third kappa shape index (κ3) is 5.29. The predicted molar refractivity (Wildman–Crippen MR) is 54.9 cm³/mol. The molecule has 14 heavy (non-hydrogen) atoms. The molecule has 1 unspecified atom stereocenters. The van der Waals surface area contributed by atoms with Crippen LogP contribution in [0.3, 0.4) is 0 Å². The molecule has 82 valence electrons. The van der Waals surface area contributed by atoms with E-state index >= 15 is 0 Å². The minimum Gasteiger partial charge on any atom is -0.465 e. The van der Waals surface area contributed by atoms with Crippen LogP contribution in [0.5, 0.6) is 0 Å². The Hall–Kier alpha value is -0.480. The standard InChI is InChI=1S/C8H13Cl2NO3/c1-4(2)3-5(11-8(13)14)6(12)7(9)10/h4-5,7,11H,3H2,1-2H3,(H,13,14). The third-order valence-corrected chi connectivity index (χ3v) is 1.99. The van der Waals surface area contributed by atoms with Crippen LogP contribution in [0.1, 0.15) is 20.3 Å². The molecule has 1 atom stereocenters. The molecular weight excluding hydrogens is 229 g/mol. The molecule has 4 nitrogen and oxygen atoms in total. The average molecular weight is 242 g/mol. The monoisotopic (exact) mass is 241 g/mol. The molecule has 1 amide bonds. The lowest BCUT2D eigenvalue weighted by atomic mass is 10.0. The van der Waals surface area contributed by atoms with E-state index in [4.69, 9.17) is 28.3 Å². The number of halogens is 2. The van der Waals surface area contributed by atoms with E-state index in [-0.39, 0.29) is 5.92 Å². The number of amides is 1. The molecular formula is C8H13Cl2NO3. The van der Waals surface area contributed by atoms with Crippen molar-refractivity contribution in [2.24, 2.45) is 5.92 Å². The zero-order chi connectivity index (χ0) is 11.3. The summed E-state index contributed by atoms with van der Waals surface area (Å²) in [7, 11) is 0. The van der Waals surface area contributed by atoms with Crippen molar-refractivity contribution < 1.29 is 14.7 Å². The Bertz CT molecular complexity index is 219. The first-order valence-electron chi connectivity index (χ1n) is 4.16. The second-order valence-corrected chi connectivity index (χ2v) is 4.43. The van der Waals surface area contributed by atoms with Crippen molar-refractivity contribution in [2.75, 3.05) is 0 Å². The summed E-state index contributed by atoms with van der Waals surface area (Å²) in [5.41, 5.74) is 0. The van der Waals surface area contributed by atoms with Gasteiger partial charge in [-0.15, -0.1) is 0 Å². The van der Waals surface area contributed by atoms with E-state index in [1.807, 2.05) is 13.8 Å². The number of hydrogen-bond donors (Lipinski definition) is 2. The maximum Gasteiger partial charge on any atom is 0.405 e. The molecule has 0 aromatic carbocycles. The normalized spacial score (nSPS) is 13.0. The summed E-state index contributed by atoms with van der Waals surface area (Å²) in [4.78, 5) is 20.5. The molecule has 0 aliphatic heterocycles. The molecule has 0 spiro atoms. The summed E-state index contributed by atoms with van der Waals surface area (Å²) in [6.45, 7) is 3.75. The smallest absolute Gasteiger partial charge is 0.405 e. The minimum absolute atomic E-state index is 0.183. The Kier molecular flexibility index (Phi) is 5.88. The molecule has 0 radical (unpaired) electrons. The van der Waals surface area contributed by atoms with Gasteiger partial charge in [0, 0.05) is 0 Å². The summed E-state index contributed by atoms with van der Waals surface area (Å²) in [5.74, 6) is -0.327. The number of carbonyl (C=O) groups is 2. The second kappa shape index (κ2) is 6.09. The van der Waals surface area contributed by atoms with Gasteiger partial charge in [0.1, 0.15) is 0 Å². The van der Waals surface area contributed by atoms with E-state index in [0.29, 0.717) is 6.42 Å². The van der Waals surface area contributed by atoms with E-state index in [1.54, 1.807) is 0 Å². The lowest BCUT2D eigenvalue weighted by Crippen LogP contribution is -2.43. The number of carbonyl (C=O) groups excluding carboxylic acids is 1. The van der Waals surface area contributed by atoms with Gasteiger partial charge < -0.3 is 10.4 Å². The lowest BCUT2D eigenvalue weighted by molar-refractivity contribution is -0.119. The van der Waals surface area contributed by atoms with E-state index < -0.39 is 22.8 Å². The molecule has 0 fully saturated rings. The summed E-state index contributed by atoms with van der Waals surface area (Å²) < 4.78 is 0.